The number of rotatable bonds is 7. The van der Waals surface area contributed by atoms with Crippen molar-refractivity contribution in [2.45, 2.75) is 71.4 Å². The van der Waals surface area contributed by atoms with Gasteiger partial charge in [-0.25, -0.2) is 4.98 Å². The molecule has 0 bridgehead atoms. The first-order chi connectivity index (χ1) is 13.9. The molecule has 2 aliphatic rings. The molecule has 0 saturated carbocycles. The number of hydrogen-bond donors (Lipinski definition) is 2. The molecule has 2 aliphatic heterocycles. The zero-order valence-corrected chi connectivity index (χ0v) is 18.4. The fraction of sp³-hybridized carbons (Fsp3) is 0.773. The van der Waals surface area contributed by atoms with Crippen LogP contribution in [0.15, 0.2) is 12.5 Å². The van der Waals surface area contributed by atoms with E-state index >= 15 is 0 Å². The van der Waals surface area contributed by atoms with E-state index in [0.717, 1.165) is 51.0 Å². The quantitative estimate of drug-likeness (QED) is 0.732. The Morgan fingerprint density at radius 3 is 2.48 bits per heavy atom. The molecular weight excluding hydrogens is 366 g/mol. The minimum atomic E-state index is -0.344. The Labute approximate surface area is 174 Å². The Kier molecular flexibility index (Phi) is 7.33. The van der Waals surface area contributed by atoms with Crippen molar-refractivity contribution < 1.29 is 9.59 Å². The number of amides is 2. The van der Waals surface area contributed by atoms with Crippen LogP contribution in [0.5, 0.6) is 0 Å². The summed E-state index contributed by atoms with van der Waals surface area (Å²) in [5.74, 6) is 1.45. The zero-order valence-electron chi connectivity index (χ0n) is 18.4. The summed E-state index contributed by atoms with van der Waals surface area (Å²) in [7, 11) is 0. The third-order valence-electron chi connectivity index (χ3n) is 6.15. The fourth-order valence-electron chi connectivity index (χ4n) is 4.64. The average molecular weight is 404 g/mol. The van der Waals surface area contributed by atoms with Gasteiger partial charge in [0.1, 0.15) is 6.04 Å². The largest absolute Gasteiger partial charge is 0.348 e. The van der Waals surface area contributed by atoms with E-state index in [2.05, 4.69) is 43.0 Å². The van der Waals surface area contributed by atoms with E-state index in [0.29, 0.717) is 24.3 Å². The van der Waals surface area contributed by atoms with Crippen LogP contribution >= 0.6 is 0 Å². The lowest BCUT2D eigenvalue weighted by molar-refractivity contribution is -0.150. The highest BCUT2D eigenvalue weighted by Crippen LogP contribution is 2.28. The van der Waals surface area contributed by atoms with Crippen LogP contribution in [-0.2, 0) is 9.59 Å². The monoisotopic (exact) mass is 403 g/mol. The highest BCUT2D eigenvalue weighted by molar-refractivity contribution is 5.90. The summed E-state index contributed by atoms with van der Waals surface area (Å²) in [6.07, 6.45) is 7.02. The Balaban J connectivity index is 1.68. The van der Waals surface area contributed by atoms with Crippen LogP contribution in [0.2, 0.25) is 0 Å². The SMILES string of the molecule is CC(C)C[C@@H]1NCCN([C@@H](CC(C)C)C(=O)N2CCC(c3cnc[nH]3)CC2)C1=O. The summed E-state index contributed by atoms with van der Waals surface area (Å²) in [6, 6.07) is -0.514. The van der Waals surface area contributed by atoms with Gasteiger partial charge < -0.3 is 20.1 Å². The second kappa shape index (κ2) is 9.74. The van der Waals surface area contributed by atoms with Crippen molar-refractivity contribution in [1.29, 1.82) is 0 Å². The van der Waals surface area contributed by atoms with Gasteiger partial charge in [-0.1, -0.05) is 27.7 Å². The highest BCUT2D eigenvalue weighted by Gasteiger charge is 2.39. The van der Waals surface area contributed by atoms with Gasteiger partial charge in [0.15, 0.2) is 0 Å². The maximum Gasteiger partial charge on any atom is 0.245 e. The number of likely N-dealkylation sites (tertiary alicyclic amines) is 1. The lowest BCUT2D eigenvalue weighted by atomic mass is 9.92. The van der Waals surface area contributed by atoms with Gasteiger partial charge in [0, 0.05) is 44.0 Å². The van der Waals surface area contributed by atoms with E-state index < -0.39 is 0 Å². The molecule has 1 aromatic heterocycles. The summed E-state index contributed by atoms with van der Waals surface area (Å²) >= 11 is 0. The first-order valence-electron chi connectivity index (χ1n) is 11.2. The van der Waals surface area contributed by atoms with Gasteiger partial charge in [-0.2, -0.15) is 0 Å². The molecule has 3 heterocycles. The first-order valence-corrected chi connectivity index (χ1v) is 11.2. The molecule has 2 N–H and O–H groups in total. The number of piperidine rings is 1. The molecule has 0 aliphatic carbocycles. The van der Waals surface area contributed by atoms with Crippen LogP contribution < -0.4 is 5.32 Å². The van der Waals surface area contributed by atoms with Gasteiger partial charge >= 0.3 is 0 Å². The van der Waals surface area contributed by atoms with Crippen molar-refractivity contribution in [2.75, 3.05) is 26.2 Å². The van der Waals surface area contributed by atoms with Crippen molar-refractivity contribution in [2.24, 2.45) is 11.8 Å². The summed E-state index contributed by atoms with van der Waals surface area (Å²) in [5, 5.41) is 3.35. The summed E-state index contributed by atoms with van der Waals surface area (Å²) < 4.78 is 0. The average Bonchev–Trinajstić information content (AvgIpc) is 3.22. The zero-order chi connectivity index (χ0) is 21.0. The topological polar surface area (TPSA) is 81.3 Å². The molecular formula is C22H37N5O2. The van der Waals surface area contributed by atoms with Crippen molar-refractivity contribution in [1.82, 2.24) is 25.1 Å². The van der Waals surface area contributed by atoms with E-state index in [9.17, 15) is 9.59 Å². The normalized spacial score (nSPS) is 22.6. The lowest BCUT2D eigenvalue weighted by Gasteiger charge is -2.42. The fourth-order valence-corrected chi connectivity index (χ4v) is 4.64. The van der Waals surface area contributed by atoms with Crippen LogP contribution in [0, 0.1) is 11.8 Å². The summed E-state index contributed by atoms with van der Waals surface area (Å²) in [6.45, 7) is 11.4. The highest BCUT2D eigenvalue weighted by atomic mass is 16.2. The molecule has 1 aromatic rings. The number of nitrogens with zero attached hydrogens (tertiary/aromatic N) is 3. The summed E-state index contributed by atoms with van der Waals surface area (Å²) in [5.41, 5.74) is 1.16. The van der Waals surface area contributed by atoms with Crippen LogP contribution in [0.3, 0.4) is 0 Å². The van der Waals surface area contributed by atoms with E-state index in [1.807, 2.05) is 16.0 Å². The minimum Gasteiger partial charge on any atom is -0.348 e. The molecule has 0 radical (unpaired) electrons. The number of carbonyl (C=O) groups excluding carboxylic acids is 2. The van der Waals surface area contributed by atoms with Gasteiger partial charge in [0.05, 0.1) is 12.4 Å². The minimum absolute atomic E-state index is 0.0938. The molecule has 7 heteroatoms. The Morgan fingerprint density at radius 1 is 1.17 bits per heavy atom. The van der Waals surface area contributed by atoms with Crippen molar-refractivity contribution in [3.8, 4) is 0 Å². The Morgan fingerprint density at radius 2 is 1.90 bits per heavy atom. The van der Waals surface area contributed by atoms with Crippen LogP contribution in [0.1, 0.15) is 65.0 Å². The number of carbonyl (C=O) groups is 2. The maximum atomic E-state index is 13.5. The number of aromatic nitrogens is 2. The Hall–Kier alpha value is -1.89. The van der Waals surface area contributed by atoms with Crippen LogP contribution in [-0.4, -0.2) is 69.8 Å². The van der Waals surface area contributed by atoms with E-state index in [4.69, 9.17) is 0 Å². The van der Waals surface area contributed by atoms with Gasteiger partial charge in [-0.3, -0.25) is 9.59 Å². The molecule has 2 fully saturated rings. The molecule has 2 atom stereocenters. The molecule has 3 rings (SSSR count). The second-order valence-electron chi connectivity index (χ2n) is 9.42. The number of piperazine rings is 1. The third-order valence-corrected chi connectivity index (χ3v) is 6.15. The molecule has 29 heavy (non-hydrogen) atoms. The molecule has 0 aromatic carbocycles. The van der Waals surface area contributed by atoms with Crippen molar-refractivity contribution in [3.05, 3.63) is 18.2 Å². The predicted octanol–water partition coefficient (Wildman–Crippen LogP) is 2.38. The number of hydrogen-bond acceptors (Lipinski definition) is 4. The van der Waals surface area contributed by atoms with Crippen LogP contribution in [0.4, 0.5) is 0 Å². The van der Waals surface area contributed by atoms with Crippen LogP contribution in [0.25, 0.3) is 0 Å². The molecule has 2 saturated heterocycles. The molecule has 162 valence electrons. The number of imidazole rings is 1. The first kappa shape index (κ1) is 21.8. The number of nitrogens with one attached hydrogen (secondary N) is 2. The lowest BCUT2D eigenvalue weighted by Crippen LogP contribution is -2.62. The van der Waals surface area contributed by atoms with Crippen molar-refractivity contribution >= 4 is 11.8 Å². The second-order valence-corrected chi connectivity index (χ2v) is 9.42. The molecule has 0 spiro atoms. The summed E-state index contributed by atoms with van der Waals surface area (Å²) in [4.78, 5) is 37.8. The van der Waals surface area contributed by atoms with Gasteiger partial charge in [0.2, 0.25) is 11.8 Å². The molecule has 0 unspecified atom stereocenters. The van der Waals surface area contributed by atoms with Gasteiger partial charge in [-0.05, 0) is 37.5 Å². The standard InChI is InChI=1S/C22H37N5O2/c1-15(2)11-18-21(28)27(10-7-24-18)20(12-16(3)4)22(29)26-8-5-17(6-9-26)19-13-23-14-25-19/h13-18,20,24H,5-12H2,1-4H3,(H,23,25)/t18-,20-/m0/s1. The Bertz CT molecular complexity index is 665. The van der Waals surface area contributed by atoms with E-state index in [1.165, 1.54) is 0 Å². The van der Waals surface area contributed by atoms with E-state index in [1.54, 1.807) is 6.33 Å². The van der Waals surface area contributed by atoms with Crippen molar-refractivity contribution in [3.63, 3.8) is 0 Å². The number of H-pyrrole nitrogens is 1. The molecule has 2 amide bonds. The smallest absolute Gasteiger partial charge is 0.245 e. The van der Waals surface area contributed by atoms with E-state index in [-0.39, 0.29) is 23.9 Å². The predicted molar refractivity (Wildman–Crippen MR) is 113 cm³/mol. The van der Waals surface area contributed by atoms with Gasteiger partial charge in [-0.15, -0.1) is 0 Å². The third kappa shape index (κ3) is 5.38. The number of aromatic amines is 1. The molecule has 7 nitrogen and oxygen atoms in total. The maximum absolute atomic E-state index is 13.5. The van der Waals surface area contributed by atoms with Gasteiger partial charge in [0.25, 0.3) is 0 Å².